The molecule has 1 fully saturated rings. The summed E-state index contributed by atoms with van der Waals surface area (Å²) in [5, 5.41) is 0. The van der Waals surface area contributed by atoms with Gasteiger partial charge >= 0.3 is 0 Å². The number of carbonyl (C=O) groups excluding carboxylic acids is 1. The van der Waals surface area contributed by atoms with Gasteiger partial charge in [0.1, 0.15) is 5.78 Å². The summed E-state index contributed by atoms with van der Waals surface area (Å²) in [7, 11) is 0. The second-order valence-electron chi connectivity index (χ2n) is 5.63. The first-order chi connectivity index (χ1) is 7.54. The van der Waals surface area contributed by atoms with Gasteiger partial charge in [-0.3, -0.25) is 4.79 Å². The van der Waals surface area contributed by atoms with Crippen molar-refractivity contribution in [3.63, 3.8) is 0 Å². The summed E-state index contributed by atoms with van der Waals surface area (Å²) >= 11 is 0. The fourth-order valence-electron chi connectivity index (χ4n) is 2.63. The van der Waals surface area contributed by atoms with E-state index in [1.807, 2.05) is 0 Å². The Hall–Kier alpha value is -0.370. The molecule has 1 rings (SSSR count). The van der Waals surface area contributed by atoms with Crippen molar-refractivity contribution in [1.82, 2.24) is 4.90 Å². The van der Waals surface area contributed by atoms with Gasteiger partial charge in [-0.1, -0.05) is 13.8 Å². The summed E-state index contributed by atoms with van der Waals surface area (Å²) in [6, 6.07) is 0.560. The van der Waals surface area contributed by atoms with E-state index in [1.54, 1.807) is 0 Å². The molecular weight excluding hydrogens is 198 g/mol. The highest BCUT2D eigenvalue weighted by Crippen LogP contribution is 2.27. The van der Waals surface area contributed by atoms with Crippen molar-refractivity contribution < 1.29 is 4.79 Å². The molecule has 1 saturated carbocycles. The maximum absolute atomic E-state index is 11.9. The van der Waals surface area contributed by atoms with Gasteiger partial charge in [-0.2, -0.15) is 0 Å². The standard InChI is InChI=1S/C14H27NO/c1-5-8-15(11(2)3)10-13-9-12(4)6-7-14(13)16/h11-13H,5-10H2,1-4H3. The van der Waals surface area contributed by atoms with Gasteiger partial charge in [0.05, 0.1) is 0 Å². The Labute approximate surface area is 100 Å². The summed E-state index contributed by atoms with van der Waals surface area (Å²) < 4.78 is 0. The van der Waals surface area contributed by atoms with Crippen LogP contribution in [0.5, 0.6) is 0 Å². The van der Waals surface area contributed by atoms with E-state index in [2.05, 4.69) is 32.6 Å². The fourth-order valence-corrected chi connectivity index (χ4v) is 2.63. The molecule has 2 unspecified atom stereocenters. The fraction of sp³-hybridized carbons (Fsp3) is 0.929. The van der Waals surface area contributed by atoms with E-state index in [0.717, 1.165) is 38.3 Å². The highest BCUT2D eigenvalue weighted by Gasteiger charge is 2.28. The largest absolute Gasteiger partial charge is 0.300 e. The highest BCUT2D eigenvalue weighted by atomic mass is 16.1. The van der Waals surface area contributed by atoms with Crippen molar-refractivity contribution in [3.8, 4) is 0 Å². The summed E-state index contributed by atoms with van der Waals surface area (Å²) in [5.74, 6) is 1.54. The molecule has 0 radical (unpaired) electrons. The van der Waals surface area contributed by atoms with E-state index in [0.29, 0.717) is 17.7 Å². The van der Waals surface area contributed by atoms with Crippen LogP contribution < -0.4 is 0 Å². The molecule has 0 saturated heterocycles. The van der Waals surface area contributed by atoms with E-state index in [9.17, 15) is 4.79 Å². The summed E-state index contributed by atoms with van der Waals surface area (Å²) in [6.07, 6.45) is 4.19. The molecule has 0 heterocycles. The van der Waals surface area contributed by atoms with Crippen molar-refractivity contribution in [2.45, 2.75) is 59.4 Å². The topological polar surface area (TPSA) is 20.3 Å². The van der Waals surface area contributed by atoms with Crippen LogP contribution in [0, 0.1) is 11.8 Å². The average molecular weight is 225 g/mol. The Morgan fingerprint density at radius 2 is 2.12 bits per heavy atom. The van der Waals surface area contributed by atoms with Crippen molar-refractivity contribution in [3.05, 3.63) is 0 Å². The monoisotopic (exact) mass is 225 g/mol. The average Bonchev–Trinajstić information content (AvgIpc) is 2.22. The third-order valence-corrected chi connectivity index (χ3v) is 3.72. The molecule has 0 aromatic heterocycles. The smallest absolute Gasteiger partial charge is 0.137 e. The van der Waals surface area contributed by atoms with Crippen molar-refractivity contribution in [1.29, 1.82) is 0 Å². The third kappa shape index (κ3) is 3.89. The number of nitrogens with zero attached hydrogens (tertiary/aromatic N) is 1. The third-order valence-electron chi connectivity index (χ3n) is 3.72. The zero-order valence-electron chi connectivity index (χ0n) is 11.3. The summed E-state index contributed by atoms with van der Waals surface area (Å²) in [6.45, 7) is 11.0. The van der Waals surface area contributed by atoms with Crippen molar-refractivity contribution in [2.75, 3.05) is 13.1 Å². The number of Topliss-reactive ketones (excluding diaryl/α,β-unsaturated/α-hetero) is 1. The van der Waals surface area contributed by atoms with Crippen LogP contribution in [0.25, 0.3) is 0 Å². The number of hydrogen-bond acceptors (Lipinski definition) is 2. The van der Waals surface area contributed by atoms with Crippen LogP contribution in [0.15, 0.2) is 0 Å². The lowest BCUT2D eigenvalue weighted by Crippen LogP contribution is -2.40. The highest BCUT2D eigenvalue weighted by molar-refractivity contribution is 5.81. The van der Waals surface area contributed by atoms with Gasteiger partial charge in [-0.25, -0.2) is 0 Å². The molecule has 2 heteroatoms. The predicted octanol–water partition coefficient (Wildman–Crippen LogP) is 3.11. The normalized spacial score (nSPS) is 26.8. The van der Waals surface area contributed by atoms with Gasteiger partial charge in [-0.15, -0.1) is 0 Å². The Bertz CT molecular complexity index is 225. The molecule has 0 amide bonds. The van der Waals surface area contributed by atoms with Gasteiger partial charge in [0.2, 0.25) is 0 Å². The number of rotatable bonds is 5. The second kappa shape index (κ2) is 6.39. The van der Waals surface area contributed by atoms with Crippen LogP contribution in [0.2, 0.25) is 0 Å². The first-order valence-corrected chi connectivity index (χ1v) is 6.81. The van der Waals surface area contributed by atoms with Crippen molar-refractivity contribution >= 4 is 5.78 Å². The minimum atomic E-state index is 0.303. The molecule has 1 aliphatic carbocycles. The predicted molar refractivity (Wildman–Crippen MR) is 68.5 cm³/mol. The molecule has 0 aromatic carbocycles. The molecule has 0 aromatic rings. The van der Waals surface area contributed by atoms with Gasteiger partial charge < -0.3 is 4.90 Å². The van der Waals surface area contributed by atoms with Crippen LogP contribution in [-0.2, 0) is 4.79 Å². The van der Waals surface area contributed by atoms with Gasteiger partial charge in [-0.05, 0) is 45.6 Å². The lowest BCUT2D eigenvalue weighted by Gasteiger charge is -2.33. The second-order valence-corrected chi connectivity index (χ2v) is 5.63. The molecule has 0 N–H and O–H groups in total. The lowest BCUT2D eigenvalue weighted by molar-refractivity contribution is -0.126. The molecule has 0 aliphatic heterocycles. The summed E-state index contributed by atoms with van der Waals surface area (Å²) in [5.41, 5.74) is 0. The Morgan fingerprint density at radius 1 is 1.44 bits per heavy atom. The Morgan fingerprint density at radius 3 is 2.69 bits per heavy atom. The van der Waals surface area contributed by atoms with Gasteiger partial charge in [0, 0.05) is 24.9 Å². The molecule has 2 atom stereocenters. The zero-order valence-corrected chi connectivity index (χ0v) is 11.3. The number of hydrogen-bond donors (Lipinski definition) is 0. The number of ketones is 1. The van der Waals surface area contributed by atoms with Crippen LogP contribution in [0.1, 0.15) is 53.4 Å². The van der Waals surface area contributed by atoms with E-state index < -0.39 is 0 Å². The molecule has 1 aliphatic rings. The van der Waals surface area contributed by atoms with Gasteiger partial charge in [0.25, 0.3) is 0 Å². The van der Waals surface area contributed by atoms with Gasteiger partial charge in [0.15, 0.2) is 0 Å². The lowest BCUT2D eigenvalue weighted by atomic mass is 9.81. The molecular formula is C14H27NO. The zero-order chi connectivity index (χ0) is 12.1. The van der Waals surface area contributed by atoms with Crippen LogP contribution >= 0.6 is 0 Å². The van der Waals surface area contributed by atoms with E-state index in [-0.39, 0.29) is 0 Å². The van der Waals surface area contributed by atoms with Crippen LogP contribution in [0.3, 0.4) is 0 Å². The molecule has 94 valence electrons. The Balaban J connectivity index is 2.51. The van der Waals surface area contributed by atoms with Crippen molar-refractivity contribution in [2.24, 2.45) is 11.8 Å². The Kier molecular flexibility index (Phi) is 5.47. The molecule has 0 spiro atoms. The molecule has 16 heavy (non-hydrogen) atoms. The summed E-state index contributed by atoms with van der Waals surface area (Å²) in [4.78, 5) is 14.3. The van der Waals surface area contributed by atoms with Crippen LogP contribution in [-0.4, -0.2) is 29.8 Å². The maximum atomic E-state index is 11.9. The molecule has 2 nitrogen and oxygen atoms in total. The first-order valence-electron chi connectivity index (χ1n) is 6.81. The molecule has 0 bridgehead atoms. The maximum Gasteiger partial charge on any atom is 0.137 e. The van der Waals surface area contributed by atoms with E-state index in [4.69, 9.17) is 0 Å². The first kappa shape index (κ1) is 13.7. The number of carbonyl (C=O) groups is 1. The minimum Gasteiger partial charge on any atom is -0.300 e. The van der Waals surface area contributed by atoms with E-state index in [1.165, 1.54) is 6.42 Å². The minimum absolute atomic E-state index is 0.303. The van der Waals surface area contributed by atoms with E-state index >= 15 is 0 Å². The van der Waals surface area contributed by atoms with Crippen LogP contribution in [0.4, 0.5) is 0 Å². The SMILES string of the molecule is CCCN(CC1CC(C)CCC1=O)C(C)C. The quantitative estimate of drug-likeness (QED) is 0.716.